The fourth-order valence-corrected chi connectivity index (χ4v) is 3.34. The van der Waals surface area contributed by atoms with E-state index in [2.05, 4.69) is 0 Å². The molecule has 6 heteroatoms. The van der Waals surface area contributed by atoms with Crippen LogP contribution in [0.25, 0.3) is 0 Å². The van der Waals surface area contributed by atoms with Gasteiger partial charge in [0.1, 0.15) is 0 Å². The van der Waals surface area contributed by atoms with Gasteiger partial charge in [-0.3, -0.25) is 0 Å². The summed E-state index contributed by atoms with van der Waals surface area (Å²) in [5.41, 5.74) is 2.01. The Bertz CT molecular complexity index is 677. The molecule has 0 fully saturated rings. The Labute approximate surface area is 118 Å². The zero-order valence-corrected chi connectivity index (χ0v) is 12.2. The molecule has 0 unspecified atom stereocenters. The molecule has 0 saturated heterocycles. The summed E-state index contributed by atoms with van der Waals surface area (Å²) in [7, 11) is -2.08. The summed E-state index contributed by atoms with van der Waals surface area (Å²) in [6, 6.07) is 6.65. The number of hydrogen-bond acceptors (Lipinski definition) is 4. The number of nitrogens with zero attached hydrogens (tertiary/aromatic N) is 1. The second-order valence-electron chi connectivity index (χ2n) is 4.65. The number of rotatable bonds is 5. The van der Waals surface area contributed by atoms with Gasteiger partial charge in [-0.05, 0) is 30.2 Å². The van der Waals surface area contributed by atoms with Gasteiger partial charge in [0.25, 0.3) is 0 Å². The van der Waals surface area contributed by atoms with Crippen LogP contribution in [-0.2, 0) is 23.2 Å². The zero-order chi connectivity index (χ0) is 14.8. The first-order chi connectivity index (χ1) is 9.45. The van der Waals surface area contributed by atoms with Crippen LogP contribution in [0, 0.1) is 6.92 Å². The molecule has 20 heavy (non-hydrogen) atoms. The van der Waals surface area contributed by atoms with Crippen LogP contribution in [0.15, 0.2) is 46.1 Å². The first kappa shape index (κ1) is 14.8. The van der Waals surface area contributed by atoms with Gasteiger partial charge in [0, 0.05) is 19.2 Å². The molecule has 5 nitrogen and oxygen atoms in total. The zero-order valence-electron chi connectivity index (χ0n) is 11.4. The standard InChI is InChI=1S/C14H17NO4S/c1-11-3-4-12(9-16)7-14(11)20(17,18)15(2)8-13-5-6-19-10-13/h3-7,10,16H,8-9H2,1-2H3. The Kier molecular flexibility index (Phi) is 4.27. The fraction of sp³-hybridized carbons (Fsp3) is 0.286. The third-order valence-electron chi connectivity index (χ3n) is 3.11. The molecule has 0 spiro atoms. The number of aryl methyl sites for hydroxylation is 1. The quantitative estimate of drug-likeness (QED) is 0.914. The largest absolute Gasteiger partial charge is 0.472 e. The van der Waals surface area contributed by atoms with Crippen molar-refractivity contribution in [3.8, 4) is 0 Å². The van der Waals surface area contributed by atoms with Gasteiger partial charge >= 0.3 is 0 Å². The lowest BCUT2D eigenvalue weighted by molar-refractivity contribution is 0.281. The van der Waals surface area contributed by atoms with Crippen LogP contribution in [-0.4, -0.2) is 24.9 Å². The predicted octanol–water partition coefficient (Wildman–Crippen LogP) is 1.90. The number of aliphatic hydroxyl groups is 1. The van der Waals surface area contributed by atoms with Gasteiger partial charge in [-0.2, -0.15) is 4.31 Å². The maximum absolute atomic E-state index is 12.6. The van der Waals surface area contributed by atoms with E-state index in [1.54, 1.807) is 25.1 Å². The summed E-state index contributed by atoms with van der Waals surface area (Å²) < 4.78 is 31.3. The van der Waals surface area contributed by atoms with Crippen LogP contribution in [0.1, 0.15) is 16.7 Å². The molecule has 0 saturated carbocycles. The van der Waals surface area contributed by atoms with E-state index >= 15 is 0 Å². The molecule has 0 aliphatic rings. The van der Waals surface area contributed by atoms with Gasteiger partial charge in [-0.25, -0.2) is 8.42 Å². The molecule has 0 atom stereocenters. The number of benzene rings is 1. The van der Waals surface area contributed by atoms with Crippen LogP contribution in [0.5, 0.6) is 0 Å². The van der Waals surface area contributed by atoms with Crippen molar-refractivity contribution in [1.82, 2.24) is 4.31 Å². The summed E-state index contributed by atoms with van der Waals surface area (Å²) in [5, 5.41) is 9.14. The van der Waals surface area contributed by atoms with E-state index in [0.29, 0.717) is 11.1 Å². The molecule has 1 aromatic heterocycles. The van der Waals surface area contributed by atoms with Crippen molar-refractivity contribution >= 4 is 10.0 Å². The lowest BCUT2D eigenvalue weighted by atomic mass is 10.2. The summed E-state index contributed by atoms with van der Waals surface area (Å²) >= 11 is 0. The van der Waals surface area contributed by atoms with Crippen molar-refractivity contribution in [3.63, 3.8) is 0 Å². The Balaban J connectivity index is 2.34. The molecule has 0 amide bonds. The second kappa shape index (κ2) is 5.78. The summed E-state index contributed by atoms with van der Waals surface area (Å²) in [5.74, 6) is 0. The van der Waals surface area contributed by atoms with Crippen LogP contribution in [0.4, 0.5) is 0 Å². The number of hydrogen-bond donors (Lipinski definition) is 1. The lowest BCUT2D eigenvalue weighted by Crippen LogP contribution is -2.27. The summed E-state index contributed by atoms with van der Waals surface area (Å²) in [6.45, 7) is 1.79. The first-order valence-corrected chi connectivity index (χ1v) is 7.57. The fourth-order valence-electron chi connectivity index (χ4n) is 1.91. The molecule has 1 aromatic carbocycles. The minimum absolute atomic E-state index is 0.186. The van der Waals surface area contributed by atoms with Crippen molar-refractivity contribution < 1.29 is 17.9 Å². The smallest absolute Gasteiger partial charge is 0.243 e. The first-order valence-electron chi connectivity index (χ1n) is 6.13. The van der Waals surface area contributed by atoms with E-state index in [0.717, 1.165) is 5.56 Å². The minimum Gasteiger partial charge on any atom is -0.472 e. The molecule has 0 aliphatic heterocycles. The monoisotopic (exact) mass is 295 g/mol. The van der Waals surface area contributed by atoms with Crippen molar-refractivity contribution in [2.45, 2.75) is 25.0 Å². The van der Waals surface area contributed by atoms with E-state index in [4.69, 9.17) is 9.52 Å². The van der Waals surface area contributed by atoms with Crippen LogP contribution >= 0.6 is 0 Å². The van der Waals surface area contributed by atoms with Gasteiger partial charge < -0.3 is 9.52 Å². The number of furan rings is 1. The van der Waals surface area contributed by atoms with Crippen molar-refractivity contribution in [2.75, 3.05) is 7.05 Å². The third-order valence-corrected chi connectivity index (χ3v) is 5.05. The molecular formula is C14H17NO4S. The molecule has 1 heterocycles. The van der Waals surface area contributed by atoms with Gasteiger partial charge in [0.15, 0.2) is 0 Å². The highest BCUT2D eigenvalue weighted by atomic mass is 32.2. The average Bonchev–Trinajstić information content (AvgIpc) is 2.92. The minimum atomic E-state index is -3.60. The van der Waals surface area contributed by atoms with Crippen molar-refractivity contribution in [3.05, 3.63) is 53.5 Å². The van der Waals surface area contributed by atoms with Crippen LogP contribution < -0.4 is 0 Å². The maximum atomic E-state index is 12.6. The Hall–Kier alpha value is -1.63. The summed E-state index contributed by atoms with van der Waals surface area (Å²) in [6.07, 6.45) is 3.02. The second-order valence-corrected chi connectivity index (χ2v) is 6.66. The Morgan fingerprint density at radius 3 is 2.60 bits per heavy atom. The number of aliphatic hydroxyl groups excluding tert-OH is 1. The highest BCUT2D eigenvalue weighted by Gasteiger charge is 2.23. The molecule has 0 aliphatic carbocycles. The maximum Gasteiger partial charge on any atom is 0.243 e. The van der Waals surface area contributed by atoms with E-state index in [-0.39, 0.29) is 18.0 Å². The molecule has 2 rings (SSSR count). The van der Waals surface area contributed by atoms with E-state index < -0.39 is 10.0 Å². The van der Waals surface area contributed by atoms with Gasteiger partial charge in [0.05, 0.1) is 24.0 Å². The highest BCUT2D eigenvalue weighted by Crippen LogP contribution is 2.22. The third kappa shape index (κ3) is 2.92. The lowest BCUT2D eigenvalue weighted by Gasteiger charge is -2.18. The Morgan fingerprint density at radius 1 is 1.25 bits per heavy atom. The van der Waals surface area contributed by atoms with Gasteiger partial charge in [-0.15, -0.1) is 0 Å². The van der Waals surface area contributed by atoms with E-state index in [1.807, 2.05) is 0 Å². The summed E-state index contributed by atoms with van der Waals surface area (Å²) in [4.78, 5) is 0.218. The van der Waals surface area contributed by atoms with E-state index in [9.17, 15) is 8.42 Å². The topological polar surface area (TPSA) is 70.8 Å². The predicted molar refractivity (Wildman–Crippen MR) is 74.5 cm³/mol. The van der Waals surface area contributed by atoms with Gasteiger partial charge in [0.2, 0.25) is 10.0 Å². The van der Waals surface area contributed by atoms with Crippen molar-refractivity contribution in [2.24, 2.45) is 0 Å². The van der Waals surface area contributed by atoms with Crippen LogP contribution in [0.3, 0.4) is 0 Å². The Morgan fingerprint density at radius 2 is 2.00 bits per heavy atom. The van der Waals surface area contributed by atoms with E-state index in [1.165, 1.54) is 29.9 Å². The molecular weight excluding hydrogens is 278 g/mol. The van der Waals surface area contributed by atoms with Gasteiger partial charge in [-0.1, -0.05) is 12.1 Å². The SMILES string of the molecule is Cc1ccc(CO)cc1S(=O)(=O)N(C)Cc1ccoc1. The molecule has 108 valence electrons. The molecule has 2 aromatic rings. The highest BCUT2D eigenvalue weighted by molar-refractivity contribution is 7.89. The molecule has 0 radical (unpaired) electrons. The van der Waals surface area contributed by atoms with Crippen molar-refractivity contribution in [1.29, 1.82) is 0 Å². The normalized spacial score (nSPS) is 12.0. The number of sulfonamides is 1. The molecule has 1 N–H and O–H groups in total. The van der Waals surface area contributed by atoms with Crippen LogP contribution in [0.2, 0.25) is 0 Å². The average molecular weight is 295 g/mol. The molecule has 0 bridgehead atoms.